The molecule has 0 aliphatic heterocycles. The van der Waals surface area contributed by atoms with Crippen molar-refractivity contribution in [2.24, 2.45) is 0 Å². The fraction of sp³-hybridized carbons (Fsp3) is 0.385. The van der Waals surface area contributed by atoms with Crippen LogP contribution >= 0.6 is 0 Å². The summed E-state index contributed by atoms with van der Waals surface area (Å²) < 4.78 is 39.7. The van der Waals surface area contributed by atoms with Crippen molar-refractivity contribution in [2.75, 3.05) is 6.54 Å². The van der Waals surface area contributed by atoms with E-state index in [1.165, 1.54) is 16.4 Å². The third-order valence-corrected chi connectivity index (χ3v) is 5.05. The third-order valence-electron chi connectivity index (χ3n) is 3.05. The Morgan fingerprint density at radius 3 is 2.68 bits per heavy atom. The van der Waals surface area contributed by atoms with Gasteiger partial charge in [0.2, 0.25) is 10.0 Å². The molecule has 1 aliphatic carbocycles. The van der Waals surface area contributed by atoms with Crippen molar-refractivity contribution >= 4 is 10.0 Å². The monoisotopic (exact) mass is 285 g/mol. The zero-order chi connectivity index (χ0) is 14.0. The van der Waals surface area contributed by atoms with Crippen LogP contribution in [0.4, 0.5) is 4.39 Å². The lowest BCUT2D eigenvalue weighted by Gasteiger charge is -2.21. The molecule has 2 rings (SSSR count). The SMILES string of the molecule is C=CCN(C1CC1)S(=O)(=O)c1cc(F)ccc1CO. The molecule has 0 spiro atoms. The minimum atomic E-state index is -3.80. The van der Waals surface area contributed by atoms with Gasteiger partial charge in [0.05, 0.1) is 11.5 Å². The fourth-order valence-electron chi connectivity index (χ4n) is 1.96. The van der Waals surface area contributed by atoms with E-state index in [0.29, 0.717) is 0 Å². The molecule has 1 saturated carbocycles. The Balaban J connectivity index is 2.47. The number of benzene rings is 1. The van der Waals surface area contributed by atoms with Crippen LogP contribution in [0.1, 0.15) is 18.4 Å². The third kappa shape index (κ3) is 2.86. The second-order valence-corrected chi connectivity index (χ2v) is 6.36. The quantitative estimate of drug-likeness (QED) is 0.809. The van der Waals surface area contributed by atoms with Gasteiger partial charge in [-0.05, 0) is 30.5 Å². The predicted octanol–water partition coefficient (Wildman–Crippen LogP) is 1.66. The van der Waals surface area contributed by atoms with Gasteiger partial charge >= 0.3 is 0 Å². The molecule has 4 nitrogen and oxygen atoms in total. The summed E-state index contributed by atoms with van der Waals surface area (Å²) >= 11 is 0. The van der Waals surface area contributed by atoms with Gasteiger partial charge < -0.3 is 5.11 Å². The molecule has 0 heterocycles. The summed E-state index contributed by atoms with van der Waals surface area (Å²) in [6.45, 7) is 3.29. The summed E-state index contributed by atoms with van der Waals surface area (Å²) in [5, 5.41) is 9.21. The summed E-state index contributed by atoms with van der Waals surface area (Å²) in [5.74, 6) is -0.634. The Morgan fingerprint density at radius 1 is 1.47 bits per heavy atom. The lowest BCUT2D eigenvalue weighted by atomic mass is 10.2. The van der Waals surface area contributed by atoms with E-state index in [-0.39, 0.29) is 23.0 Å². The molecule has 104 valence electrons. The number of aliphatic hydroxyl groups excluding tert-OH is 1. The molecule has 1 N–H and O–H groups in total. The van der Waals surface area contributed by atoms with Gasteiger partial charge in [-0.1, -0.05) is 12.1 Å². The number of hydrogen-bond acceptors (Lipinski definition) is 3. The largest absolute Gasteiger partial charge is 0.392 e. The van der Waals surface area contributed by atoms with Crippen LogP contribution in [0.5, 0.6) is 0 Å². The van der Waals surface area contributed by atoms with Crippen LogP contribution in [0, 0.1) is 5.82 Å². The van der Waals surface area contributed by atoms with Crippen LogP contribution in [-0.2, 0) is 16.6 Å². The molecule has 0 bridgehead atoms. The molecule has 0 radical (unpaired) electrons. The first kappa shape index (κ1) is 14.2. The number of aliphatic hydroxyl groups is 1. The van der Waals surface area contributed by atoms with Gasteiger partial charge in [0.15, 0.2) is 0 Å². The van der Waals surface area contributed by atoms with Gasteiger partial charge in [-0.25, -0.2) is 12.8 Å². The first-order valence-corrected chi connectivity index (χ1v) is 7.46. The van der Waals surface area contributed by atoms with E-state index in [0.717, 1.165) is 25.0 Å². The highest BCUT2D eigenvalue weighted by atomic mass is 32.2. The van der Waals surface area contributed by atoms with Crippen LogP contribution < -0.4 is 0 Å². The summed E-state index contributed by atoms with van der Waals surface area (Å²) in [5.41, 5.74) is 0.205. The molecule has 1 aromatic carbocycles. The maximum absolute atomic E-state index is 13.3. The lowest BCUT2D eigenvalue weighted by molar-refractivity contribution is 0.277. The van der Waals surface area contributed by atoms with E-state index >= 15 is 0 Å². The van der Waals surface area contributed by atoms with Crippen molar-refractivity contribution < 1.29 is 17.9 Å². The van der Waals surface area contributed by atoms with E-state index in [4.69, 9.17) is 0 Å². The average Bonchev–Trinajstić information content (AvgIpc) is 3.20. The molecule has 0 atom stereocenters. The van der Waals surface area contributed by atoms with Crippen molar-refractivity contribution in [1.82, 2.24) is 4.31 Å². The molecule has 1 aromatic rings. The normalized spacial score (nSPS) is 15.7. The molecule has 0 aromatic heterocycles. The van der Waals surface area contributed by atoms with Gasteiger partial charge in [-0.2, -0.15) is 4.31 Å². The van der Waals surface area contributed by atoms with Crippen molar-refractivity contribution in [3.8, 4) is 0 Å². The zero-order valence-electron chi connectivity index (χ0n) is 10.4. The number of sulfonamides is 1. The summed E-state index contributed by atoms with van der Waals surface area (Å²) in [7, 11) is -3.80. The summed E-state index contributed by atoms with van der Waals surface area (Å²) in [4.78, 5) is -0.163. The fourth-order valence-corrected chi connectivity index (χ4v) is 3.84. The second-order valence-electron chi connectivity index (χ2n) is 4.50. The molecule has 1 fully saturated rings. The number of nitrogens with zero attached hydrogens (tertiary/aromatic N) is 1. The van der Waals surface area contributed by atoms with E-state index in [2.05, 4.69) is 6.58 Å². The van der Waals surface area contributed by atoms with Gasteiger partial charge in [0.1, 0.15) is 5.82 Å². The molecule has 19 heavy (non-hydrogen) atoms. The van der Waals surface area contributed by atoms with Crippen LogP contribution in [0.15, 0.2) is 35.7 Å². The maximum Gasteiger partial charge on any atom is 0.244 e. The zero-order valence-corrected chi connectivity index (χ0v) is 11.2. The Bertz CT molecular complexity index is 582. The van der Waals surface area contributed by atoms with Crippen LogP contribution in [0.2, 0.25) is 0 Å². The standard InChI is InChI=1S/C13H16FNO3S/c1-2-7-15(12-5-6-12)19(17,18)13-8-11(14)4-3-10(13)9-16/h2-4,8,12,16H,1,5-7,9H2. The molecular weight excluding hydrogens is 269 g/mol. The average molecular weight is 285 g/mol. The van der Waals surface area contributed by atoms with Crippen LogP contribution in [0.25, 0.3) is 0 Å². The first-order valence-electron chi connectivity index (χ1n) is 6.02. The smallest absolute Gasteiger partial charge is 0.244 e. The maximum atomic E-state index is 13.3. The Labute approximate surface area is 112 Å². The van der Waals surface area contributed by atoms with Crippen molar-refractivity contribution in [1.29, 1.82) is 0 Å². The van der Waals surface area contributed by atoms with Crippen LogP contribution in [-0.4, -0.2) is 30.4 Å². The molecule has 1 aliphatic rings. The molecule has 6 heteroatoms. The van der Waals surface area contributed by atoms with Gasteiger partial charge in [0.25, 0.3) is 0 Å². The van der Waals surface area contributed by atoms with Crippen molar-refractivity contribution in [3.63, 3.8) is 0 Å². The highest BCUT2D eigenvalue weighted by Gasteiger charge is 2.38. The Morgan fingerprint density at radius 2 is 2.16 bits per heavy atom. The van der Waals surface area contributed by atoms with Gasteiger partial charge in [-0.3, -0.25) is 0 Å². The molecule has 0 amide bonds. The first-order chi connectivity index (χ1) is 9.00. The van der Waals surface area contributed by atoms with E-state index in [9.17, 15) is 17.9 Å². The minimum absolute atomic E-state index is 0.0437. The summed E-state index contributed by atoms with van der Waals surface area (Å²) in [6.07, 6.45) is 3.11. The highest BCUT2D eigenvalue weighted by molar-refractivity contribution is 7.89. The number of hydrogen-bond donors (Lipinski definition) is 1. The number of rotatable bonds is 6. The van der Waals surface area contributed by atoms with Crippen molar-refractivity contribution in [2.45, 2.75) is 30.4 Å². The van der Waals surface area contributed by atoms with Crippen molar-refractivity contribution in [3.05, 3.63) is 42.2 Å². The highest BCUT2D eigenvalue weighted by Crippen LogP contribution is 2.33. The van der Waals surface area contributed by atoms with E-state index in [1.54, 1.807) is 0 Å². The second kappa shape index (κ2) is 5.40. The summed E-state index contributed by atoms with van der Waals surface area (Å²) in [6, 6.07) is 3.35. The van der Waals surface area contributed by atoms with Gasteiger partial charge in [0, 0.05) is 12.6 Å². The molecule has 0 saturated heterocycles. The molecule has 0 unspecified atom stereocenters. The molecular formula is C13H16FNO3S. The van der Waals surface area contributed by atoms with Crippen LogP contribution in [0.3, 0.4) is 0 Å². The Hall–Kier alpha value is -1.24. The number of halogens is 1. The van der Waals surface area contributed by atoms with E-state index < -0.39 is 22.4 Å². The Kier molecular flexibility index (Phi) is 4.03. The van der Waals surface area contributed by atoms with E-state index in [1.807, 2.05) is 0 Å². The minimum Gasteiger partial charge on any atom is -0.392 e. The lowest BCUT2D eigenvalue weighted by Crippen LogP contribution is -2.34. The topological polar surface area (TPSA) is 57.6 Å². The van der Waals surface area contributed by atoms with Gasteiger partial charge in [-0.15, -0.1) is 6.58 Å². The predicted molar refractivity (Wildman–Crippen MR) is 69.4 cm³/mol.